The highest BCUT2D eigenvalue weighted by atomic mass is 16.4. The predicted molar refractivity (Wildman–Crippen MR) is 77.7 cm³/mol. The first-order valence-electron chi connectivity index (χ1n) is 7.08. The van der Waals surface area contributed by atoms with Gasteiger partial charge in [0.2, 0.25) is 0 Å². The maximum absolute atomic E-state index is 10.9. The molecule has 104 valence electrons. The molecule has 2 N–H and O–H groups in total. The Bertz CT molecular complexity index is 470. The molecule has 0 spiro atoms. The van der Waals surface area contributed by atoms with Gasteiger partial charge in [-0.3, -0.25) is 0 Å². The molecule has 1 aliphatic rings. The van der Waals surface area contributed by atoms with Crippen LogP contribution in [0.15, 0.2) is 18.2 Å². The van der Waals surface area contributed by atoms with Gasteiger partial charge in [0.25, 0.3) is 0 Å². The van der Waals surface area contributed by atoms with Gasteiger partial charge in [0.05, 0.1) is 5.56 Å². The second-order valence-corrected chi connectivity index (χ2v) is 5.98. The van der Waals surface area contributed by atoms with Crippen LogP contribution in [-0.4, -0.2) is 17.1 Å². The van der Waals surface area contributed by atoms with Crippen molar-refractivity contribution in [2.24, 2.45) is 11.8 Å². The summed E-state index contributed by atoms with van der Waals surface area (Å²) in [4.78, 5) is 10.9. The molecule has 0 amide bonds. The SMILES string of the molecule is Cc1cc(C(=O)O)ccc1NC1CCC(C)CC1C. The van der Waals surface area contributed by atoms with Crippen LogP contribution in [0.25, 0.3) is 0 Å². The fraction of sp³-hybridized carbons (Fsp3) is 0.562. The summed E-state index contributed by atoms with van der Waals surface area (Å²) in [6.07, 6.45) is 3.74. The lowest BCUT2D eigenvalue weighted by Crippen LogP contribution is -2.33. The van der Waals surface area contributed by atoms with Gasteiger partial charge in [-0.2, -0.15) is 0 Å². The van der Waals surface area contributed by atoms with Crippen LogP contribution in [0.3, 0.4) is 0 Å². The van der Waals surface area contributed by atoms with Gasteiger partial charge in [-0.1, -0.05) is 13.8 Å². The van der Waals surface area contributed by atoms with Gasteiger partial charge in [0, 0.05) is 11.7 Å². The van der Waals surface area contributed by atoms with E-state index in [1.54, 1.807) is 12.1 Å². The third kappa shape index (κ3) is 3.28. The smallest absolute Gasteiger partial charge is 0.335 e. The minimum atomic E-state index is -0.866. The number of hydrogen-bond donors (Lipinski definition) is 2. The van der Waals surface area contributed by atoms with Crippen molar-refractivity contribution in [1.82, 2.24) is 0 Å². The molecule has 0 saturated heterocycles. The lowest BCUT2D eigenvalue weighted by atomic mass is 9.79. The van der Waals surface area contributed by atoms with Gasteiger partial charge < -0.3 is 10.4 Å². The number of aromatic carboxylic acids is 1. The van der Waals surface area contributed by atoms with E-state index in [0.717, 1.165) is 17.2 Å². The van der Waals surface area contributed by atoms with Crippen LogP contribution in [0.2, 0.25) is 0 Å². The van der Waals surface area contributed by atoms with Crippen molar-refractivity contribution in [3.63, 3.8) is 0 Å². The summed E-state index contributed by atoms with van der Waals surface area (Å²) < 4.78 is 0. The molecule has 19 heavy (non-hydrogen) atoms. The van der Waals surface area contributed by atoms with Gasteiger partial charge >= 0.3 is 5.97 Å². The van der Waals surface area contributed by atoms with Gasteiger partial charge in [0.1, 0.15) is 0 Å². The third-order valence-electron chi connectivity index (χ3n) is 4.25. The Balaban J connectivity index is 2.09. The average molecular weight is 261 g/mol. The highest BCUT2D eigenvalue weighted by Gasteiger charge is 2.25. The third-order valence-corrected chi connectivity index (χ3v) is 4.25. The Labute approximate surface area is 115 Å². The summed E-state index contributed by atoms with van der Waals surface area (Å²) in [5, 5.41) is 12.6. The summed E-state index contributed by atoms with van der Waals surface area (Å²) >= 11 is 0. The Morgan fingerprint density at radius 2 is 2.05 bits per heavy atom. The number of carboxylic acid groups (broad SMARTS) is 1. The van der Waals surface area contributed by atoms with Crippen LogP contribution in [0, 0.1) is 18.8 Å². The second-order valence-electron chi connectivity index (χ2n) is 5.98. The predicted octanol–water partition coefficient (Wildman–Crippen LogP) is 3.93. The molecule has 1 saturated carbocycles. The number of benzene rings is 1. The molecule has 0 bridgehead atoms. The first-order chi connectivity index (χ1) is 8.97. The molecule has 3 nitrogen and oxygen atoms in total. The lowest BCUT2D eigenvalue weighted by Gasteiger charge is -2.34. The van der Waals surface area contributed by atoms with Crippen molar-refractivity contribution in [3.8, 4) is 0 Å². The Morgan fingerprint density at radius 3 is 2.63 bits per heavy atom. The van der Waals surface area contributed by atoms with E-state index >= 15 is 0 Å². The van der Waals surface area contributed by atoms with Crippen molar-refractivity contribution >= 4 is 11.7 Å². The minimum absolute atomic E-state index is 0.355. The summed E-state index contributed by atoms with van der Waals surface area (Å²) in [5.41, 5.74) is 2.43. The van der Waals surface area contributed by atoms with Crippen molar-refractivity contribution in [3.05, 3.63) is 29.3 Å². The second kappa shape index (κ2) is 5.64. The number of hydrogen-bond acceptors (Lipinski definition) is 2. The molecule has 3 atom stereocenters. The average Bonchev–Trinajstić information content (AvgIpc) is 2.34. The maximum atomic E-state index is 10.9. The summed E-state index contributed by atoms with van der Waals surface area (Å²) in [6.45, 7) is 6.58. The Kier molecular flexibility index (Phi) is 4.13. The molecular formula is C16H23NO2. The van der Waals surface area contributed by atoms with Gasteiger partial charge in [-0.05, 0) is 61.8 Å². The molecule has 1 aromatic rings. The summed E-state index contributed by atoms with van der Waals surface area (Å²) in [7, 11) is 0. The molecule has 1 fully saturated rings. The van der Waals surface area contributed by atoms with Crippen LogP contribution in [0.1, 0.15) is 49.0 Å². The fourth-order valence-corrected chi connectivity index (χ4v) is 3.04. The fourth-order valence-electron chi connectivity index (χ4n) is 3.04. The van der Waals surface area contributed by atoms with Crippen LogP contribution in [0.4, 0.5) is 5.69 Å². The zero-order valence-corrected chi connectivity index (χ0v) is 11.9. The standard InChI is InChI=1S/C16H23NO2/c1-10-4-6-14(11(2)8-10)17-15-7-5-13(16(18)19)9-12(15)3/h5,7,9-11,14,17H,4,6,8H2,1-3H3,(H,18,19). The largest absolute Gasteiger partial charge is 0.478 e. The van der Waals surface area contributed by atoms with Gasteiger partial charge in [-0.25, -0.2) is 4.79 Å². The van der Waals surface area contributed by atoms with E-state index in [-0.39, 0.29) is 0 Å². The van der Waals surface area contributed by atoms with Crippen molar-refractivity contribution in [2.45, 2.75) is 46.1 Å². The molecule has 3 unspecified atom stereocenters. The zero-order chi connectivity index (χ0) is 14.0. The quantitative estimate of drug-likeness (QED) is 0.866. The van der Waals surface area contributed by atoms with E-state index < -0.39 is 5.97 Å². The lowest BCUT2D eigenvalue weighted by molar-refractivity contribution is 0.0697. The van der Waals surface area contributed by atoms with E-state index in [2.05, 4.69) is 19.2 Å². The molecule has 0 heterocycles. The molecular weight excluding hydrogens is 238 g/mol. The van der Waals surface area contributed by atoms with Crippen LogP contribution < -0.4 is 5.32 Å². The van der Waals surface area contributed by atoms with E-state index in [1.807, 2.05) is 13.0 Å². The molecule has 0 aliphatic heterocycles. The highest BCUT2D eigenvalue weighted by Crippen LogP contribution is 2.31. The number of aryl methyl sites for hydroxylation is 1. The number of carboxylic acids is 1. The van der Waals surface area contributed by atoms with E-state index in [1.165, 1.54) is 19.3 Å². The summed E-state index contributed by atoms with van der Waals surface area (Å²) in [5.74, 6) is 0.625. The zero-order valence-electron chi connectivity index (χ0n) is 11.9. The highest BCUT2D eigenvalue weighted by molar-refractivity contribution is 5.88. The number of anilines is 1. The normalized spacial score (nSPS) is 27.0. The van der Waals surface area contributed by atoms with Crippen molar-refractivity contribution in [2.75, 3.05) is 5.32 Å². The van der Waals surface area contributed by atoms with E-state index in [0.29, 0.717) is 17.5 Å². The van der Waals surface area contributed by atoms with E-state index in [9.17, 15) is 4.79 Å². The molecule has 0 radical (unpaired) electrons. The van der Waals surface area contributed by atoms with Crippen molar-refractivity contribution in [1.29, 1.82) is 0 Å². The van der Waals surface area contributed by atoms with Crippen LogP contribution in [0.5, 0.6) is 0 Å². The Morgan fingerprint density at radius 1 is 1.32 bits per heavy atom. The Hall–Kier alpha value is -1.51. The molecule has 1 aromatic carbocycles. The van der Waals surface area contributed by atoms with Crippen molar-refractivity contribution < 1.29 is 9.90 Å². The molecule has 0 aromatic heterocycles. The number of rotatable bonds is 3. The topological polar surface area (TPSA) is 49.3 Å². The van der Waals surface area contributed by atoms with Crippen LogP contribution in [-0.2, 0) is 0 Å². The van der Waals surface area contributed by atoms with Gasteiger partial charge in [0.15, 0.2) is 0 Å². The minimum Gasteiger partial charge on any atom is -0.478 e. The first-order valence-corrected chi connectivity index (χ1v) is 7.08. The molecule has 1 aliphatic carbocycles. The maximum Gasteiger partial charge on any atom is 0.335 e. The van der Waals surface area contributed by atoms with E-state index in [4.69, 9.17) is 5.11 Å². The van der Waals surface area contributed by atoms with Gasteiger partial charge in [-0.15, -0.1) is 0 Å². The summed E-state index contributed by atoms with van der Waals surface area (Å²) in [6, 6.07) is 5.81. The number of carbonyl (C=O) groups is 1. The van der Waals surface area contributed by atoms with Crippen LogP contribution >= 0.6 is 0 Å². The monoisotopic (exact) mass is 261 g/mol. The number of nitrogens with one attached hydrogen (secondary N) is 1. The first kappa shape index (κ1) is 13.9. The molecule has 2 rings (SSSR count). The molecule has 3 heteroatoms.